The number of fused-ring (bicyclic) bond motifs is 1. The summed E-state index contributed by atoms with van der Waals surface area (Å²) in [6.45, 7) is 4.15. The van der Waals surface area contributed by atoms with Gasteiger partial charge in [-0.1, -0.05) is 79.7 Å². The molecule has 1 aliphatic carbocycles. The molecule has 31 heavy (non-hydrogen) atoms. The highest BCUT2D eigenvalue weighted by Gasteiger charge is 2.31. The Morgan fingerprint density at radius 1 is 1.00 bits per heavy atom. The zero-order chi connectivity index (χ0) is 21.8. The Labute approximate surface area is 184 Å². The summed E-state index contributed by atoms with van der Waals surface area (Å²) in [6, 6.07) is 24.6. The molecular formula is C28H29NO2. The molecule has 158 valence electrons. The van der Waals surface area contributed by atoms with Crippen LogP contribution < -0.4 is 0 Å². The number of Topliss-reactive ketones (excluding diaryl/α,β-unsaturated/α-hetero) is 1. The molecule has 0 aliphatic heterocycles. The third kappa shape index (κ3) is 4.61. The van der Waals surface area contributed by atoms with Crippen LogP contribution in [0.15, 0.2) is 89.1 Å². The molecular weight excluding hydrogens is 382 g/mol. The van der Waals surface area contributed by atoms with Crippen LogP contribution >= 0.6 is 0 Å². The fourth-order valence-electron chi connectivity index (χ4n) is 4.37. The standard InChI is InChI=1S/C28H29NO2/c1-3-19(2)29-25(16-22-14-9-13-21-12-7-8-15-24(21)22)28-26(30)17-23(18-27(28)31)20-10-5-4-6-11-20/h4-15,19,23,30H,3,16-18H2,1-2H3. The largest absolute Gasteiger partial charge is 0.511 e. The summed E-state index contributed by atoms with van der Waals surface area (Å²) in [4.78, 5) is 18.2. The quantitative estimate of drug-likeness (QED) is 0.466. The predicted octanol–water partition coefficient (Wildman–Crippen LogP) is 6.58. The number of ketones is 1. The van der Waals surface area contributed by atoms with Gasteiger partial charge in [-0.05, 0) is 41.2 Å². The Morgan fingerprint density at radius 3 is 2.45 bits per heavy atom. The monoisotopic (exact) mass is 411 g/mol. The van der Waals surface area contributed by atoms with Crippen molar-refractivity contribution < 1.29 is 9.90 Å². The molecule has 3 aromatic carbocycles. The Morgan fingerprint density at radius 2 is 1.71 bits per heavy atom. The summed E-state index contributed by atoms with van der Waals surface area (Å²) < 4.78 is 0. The fraction of sp³-hybridized carbons (Fsp3) is 0.286. The van der Waals surface area contributed by atoms with E-state index in [1.165, 1.54) is 5.39 Å². The molecule has 0 aromatic heterocycles. The molecule has 0 saturated heterocycles. The van der Waals surface area contributed by atoms with E-state index in [4.69, 9.17) is 4.99 Å². The van der Waals surface area contributed by atoms with E-state index >= 15 is 0 Å². The molecule has 0 saturated carbocycles. The van der Waals surface area contributed by atoms with E-state index in [2.05, 4.69) is 38.1 Å². The lowest BCUT2D eigenvalue weighted by atomic mass is 9.80. The van der Waals surface area contributed by atoms with Crippen LogP contribution in [0.2, 0.25) is 0 Å². The number of aliphatic hydroxyl groups excluding tert-OH is 1. The molecule has 3 aromatic rings. The van der Waals surface area contributed by atoms with E-state index in [0.717, 1.165) is 22.9 Å². The zero-order valence-electron chi connectivity index (χ0n) is 18.2. The molecule has 0 spiro atoms. The second-order valence-corrected chi connectivity index (χ2v) is 8.41. The minimum Gasteiger partial charge on any atom is -0.511 e. The van der Waals surface area contributed by atoms with Crippen LogP contribution in [0.5, 0.6) is 0 Å². The SMILES string of the molecule is CCC(C)N=C(Cc1cccc2ccccc12)C1=C(O)CC(c2ccccc2)CC1=O. The number of benzene rings is 3. The summed E-state index contributed by atoms with van der Waals surface area (Å²) in [5.74, 6) is 0.173. The normalized spacial score (nSPS) is 18.5. The van der Waals surface area contributed by atoms with Gasteiger partial charge < -0.3 is 5.11 Å². The summed E-state index contributed by atoms with van der Waals surface area (Å²) in [6.07, 6.45) is 2.29. The smallest absolute Gasteiger partial charge is 0.168 e. The maximum Gasteiger partial charge on any atom is 0.168 e. The number of aliphatic imine (C=N–C) groups is 1. The van der Waals surface area contributed by atoms with Gasteiger partial charge in [0.15, 0.2) is 5.78 Å². The van der Waals surface area contributed by atoms with E-state index in [1.54, 1.807) is 0 Å². The highest BCUT2D eigenvalue weighted by molar-refractivity contribution is 6.24. The summed E-state index contributed by atoms with van der Waals surface area (Å²) in [5.41, 5.74) is 3.36. The van der Waals surface area contributed by atoms with Crippen molar-refractivity contribution in [2.45, 2.75) is 51.5 Å². The maximum absolute atomic E-state index is 13.3. The van der Waals surface area contributed by atoms with Gasteiger partial charge in [-0.3, -0.25) is 9.79 Å². The lowest BCUT2D eigenvalue weighted by Crippen LogP contribution is -2.26. The van der Waals surface area contributed by atoms with Crippen molar-refractivity contribution in [2.24, 2.45) is 4.99 Å². The van der Waals surface area contributed by atoms with Crippen molar-refractivity contribution in [3.8, 4) is 0 Å². The van der Waals surface area contributed by atoms with Crippen LogP contribution in [-0.4, -0.2) is 22.6 Å². The number of nitrogens with zero attached hydrogens (tertiary/aromatic N) is 1. The molecule has 0 radical (unpaired) electrons. The van der Waals surface area contributed by atoms with Crippen LogP contribution in [0.25, 0.3) is 10.8 Å². The summed E-state index contributed by atoms with van der Waals surface area (Å²) >= 11 is 0. The number of allylic oxidation sites excluding steroid dienone is 2. The van der Waals surface area contributed by atoms with Crippen molar-refractivity contribution in [3.63, 3.8) is 0 Å². The first-order valence-electron chi connectivity index (χ1n) is 11.1. The van der Waals surface area contributed by atoms with Gasteiger partial charge in [-0.25, -0.2) is 0 Å². The van der Waals surface area contributed by atoms with Crippen LogP contribution in [0.4, 0.5) is 0 Å². The Balaban J connectivity index is 1.72. The van der Waals surface area contributed by atoms with E-state index in [1.807, 2.05) is 48.5 Å². The number of hydrogen-bond donors (Lipinski definition) is 1. The third-order valence-corrected chi connectivity index (χ3v) is 6.20. The molecule has 1 N–H and O–H groups in total. The van der Waals surface area contributed by atoms with Crippen molar-refractivity contribution in [1.82, 2.24) is 0 Å². The van der Waals surface area contributed by atoms with E-state index in [0.29, 0.717) is 30.5 Å². The fourth-order valence-corrected chi connectivity index (χ4v) is 4.37. The number of rotatable bonds is 6. The van der Waals surface area contributed by atoms with Crippen molar-refractivity contribution in [2.75, 3.05) is 0 Å². The lowest BCUT2D eigenvalue weighted by molar-refractivity contribution is -0.116. The van der Waals surface area contributed by atoms with Crippen LogP contribution in [0.3, 0.4) is 0 Å². The van der Waals surface area contributed by atoms with E-state index < -0.39 is 0 Å². The van der Waals surface area contributed by atoms with Gasteiger partial charge in [-0.2, -0.15) is 0 Å². The minimum atomic E-state index is -0.0140. The van der Waals surface area contributed by atoms with E-state index in [9.17, 15) is 9.90 Å². The van der Waals surface area contributed by atoms with Gasteiger partial charge in [0.05, 0.1) is 11.3 Å². The van der Waals surface area contributed by atoms with E-state index in [-0.39, 0.29) is 23.5 Å². The van der Waals surface area contributed by atoms with Crippen LogP contribution in [-0.2, 0) is 11.2 Å². The average molecular weight is 412 g/mol. The van der Waals surface area contributed by atoms with Gasteiger partial charge in [0.25, 0.3) is 0 Å². The van der Waals surface area contributed by atoms with Crippen molar-refractivity contribution >= 4 is 22.3 Å². The summed E-state index contributed by atoms with van der Waals surface area (Å²) in [5, 5.41) is 13.3. The number of carbonyl (C=O) groups excluding carboxylic acids is 1. The first-order valence-corrected chi connectivity index (χ1v) is 11.1. The Bertz CT molecular complexity index is 1140. The topological polar surface area (TPSA) is 49.7 Å². The van der Waals surface area contributed by atoms with Gasteiger partial charge in [0, 0.05) is 25.3 Å². The number of hydrogen-bond acceptors (Lipinski definition) is 3. The first kappa shape index (κ1) is 21.0. The second kappa shape index (κ2) is 9.30. The Hall–Kier alpha value is -3.20. The highest BCUT2D eigenvalue weighted by atomic mass is 16.3. The molecule has 0 fully saturated rings. The molecule has 0 amide bonds. The number of carbonyl (C=O) groups is 1. The zero-order valence-corrected chi connectivity index (χ0v) is 18.2. The van der Waals surface area contributed by atoms with Crippen molar-refractivity contribution in [3.05, 3.63) is 95.3 Å². The molecule has 4 rings (SSSR count). The maximum atomic E-state index is 13.3. The molecule has 2 atom stereocenters. The molecule has 3 heteroatoms. The minimum absolute atomic E-state index is 0.0138. The van der Waals surface area contributed by atoms with Gasteiger partial charge in [0.1, 0.15) is 5.76 Å². The van der Waals surface area contributed by atoms with Crippen LogP contribution in [0, 0.1) is 0 Å². The van der Waals surface area contributed by atoms with Crippen molar-refractivity contribution in [1.29, 1.82) is 0 Å². The van der Waals surface area contributed by atoms with Gasteiger partial charge in [-0.15, -0.1) is 0 Å². The molecule has 1 aliphatic rings. The van der Waals surface area contributed by atoms with Gasteiger partial charge in [0.2, 0.25) is 0 Å². The average Bonchev–Trinajstić information content (AvgIpc) is 2.79. The van der Waals surface area contributed by atoms with Crippen LogP contribution in [0.1, 0.15) is 50.2 Å². The Kier molecular flexibility index (Phi) is 6.31. The predicted molar refractivity (Wildman–Crippen MR) is 128 cm³/mol. The number of aliphatic hydroxyl groups is 1. The molecule has 2 unspecified atom stereocenters. The van der Waals surface area contributed by atoms with Gasteiger partial charge >= 0.3 is 0 Å². The first-order chi connectivity index (χ1) is 15.1. The second-order valence-electron chi connectivity index (χ2n) is 8.41. The molecule has 0 bridgehead atoms. The molecule has 3 nitrogen and oxygen atoms in total. The lowest BCUT2D eigenvalue weighted by Gasteiger charge is -2.25. The highest BCUT2D eigenvalue weighted by Crippen LogP contribution is 2.35. The third-order valence-electron chi connectivity index (χ3n) is 6.20. The summed E-state index contributed by atoms with van der Waals surface area (Å²) in [7, 11) is 0. The molecule has 0 heterocycles.